The predicted octanol–water partition coefficient (Wildman–Crippen LogP) is 6.40. The zero-order chi connectivity index (χ0) is 26.8. The summed E-state index contributed by atoms with van der Waals surface area (Å²) in [7, 11) is 0. The van der Waals surface area contributed by atoms with Crippen LogP contribution in [0.25, 0.3) is 11.4 Å². The van der Waals surface area contributed by atoms with Crippen LogP contribution in [0.5, 0.6) is 0 Å². The summed E-state index contributed by atoms with van der Waals surface area (Å²) in [5, 5.41) is 10.5. The van der Waals surface area contributed by atoms with Crippen LogP contribution in [0, 0.1) is 31.4 Å². The van der Waals surface area contributed by atoms with Crippen LogP contribution >= 0.6 is 11.6 Å². The lowest BCUT2D eigenvalue weighted by Gasteiger charge is -2.38. The molecule has 2 N–H and O–H groups in total. The van der Waals surface area contributed by atoms with Gasteiger partial charge in [0.1, 0.15) is 11.6 Å². The number of H-pyrrole nitrogens is 1. The number of benzene rings is 1. The van der Waals surface area contributed by atoms with Crippen LogP contribution in [0.2, 0.25) is 5.02 Å². The first-order chi connectivity index (χ1) is 18.3. The summed E-state index contributed by atoms with van der Waals surface area (Å²) in [6, 6.07) is 8.87. The van der Waals surface area contributed by atoms with Gasteiger partial charge in [-0.3, -0.25) is 10.00 Å². The molecule has 1 fully saturated rings. The molecule has 1 aromatic carbocycles. The predicted molar refractivity (Wildman–Crippen MR) is 144 cm³/mol. The van der Waals surface area contributed by atoms with Crippen molar-refractivity contribution in [3.63, 3.8) is 0 Å². The molecular weight excluding hydrogens is 508 g/mol. The lowest BCUT2D eigenvalue weighted by atomic mass is 9.87. The molecule has 0 saturated carbocycles. The first kappa shape index (κ1) is 26.2. The average molecular weight is 538 g/mol. The summed E-state index contributed by atoms with van der Waals surface area (Å²) < 4.78 is 30.5. The van der Waals surface area contributed by atoms with Gasteiger partial charge in [-0.15, -0.1) is 0 Å². The van der Waals surface area contributed by atoms with Gasteiger partial charge >= 0.3 is 0 Å². The Hall–Kier alpha value is -3.43. The smallest absolute Gasteiger partial charge is 0.162 e. The summed E-state index contributed by atoms with van der Waals surface area (Å²) in [4.78, 5) is 15.6. The van der Waals surface area contributed by atoms with E-state index in [1.807, 2.05) is 19.9 Å². The largest absolute Gasteiger partial charge is 0.323 e. The van der Waals surface area contributed by atoms with Crippen molar-refractivity contribution in [1.82, 2.24) is 30.0 Å². The molecule has 4 heterocycles. The molecule has 2 atom stereocenters. The fourth-order valence-electron chi connectivity index (χ4n) is 5.15. The topological polar surface area (TPSA) is 82.6 Å². The maximum absolute atomic E-state index is 16.0. The number of anilines is 2. The molecule has 0 amide bonds. The van der Waals surface area contributed by atoms with E-state index in [0.29, 0.717) is 52.8 Å². The van der Waals surface area contributed by atoms with Crippen molar-refractivity contribution in [3.8, 4) is 11.4 Å². The molecule has 10 heteroatoms. The molecule has 7 nitrogen and oxygen atoms in total. The third-order valence-corrected chi connectivity index (χ3v) is 7.49. The molecule has 0 unspecified atom stereocenters. The van der Waals surface area contributed by atoms with Gasteiger partial charge in [0, 0.05) is 47.9 Å². The molecule has 1 aliphatic heterocycles. The Balaban J connectivity index is 1.39. The van der Waals surface area contributed by atoms with E-state index in [-0.39, 0.29) is 22.8 Å². The minimum Gasteiger partial charge on any atom is -0.323 e. The third-order valence-electron chi connectivity index (χ3n) is 7.20. The van der Waals surface area contributed by atoms with E-state index in [0.717, 1.165) is 25.1 Å². The average Bonchev–Trinajstić information content (AvgIpc) is 3.31. The SMILES string of the molecule is Cc1cc(Nc2nc(C[C@@H]3CCN(Cc4cccc(Cl)c4F)[C@H](C)C3)c(F)c(-c3ncccn3)c2C)n[nH]1. The van der Waals surface area contributed by atoms with Crippen LogP contribution in [0.15, 0.2) is 42.7 Å². The minimum absolute atomic E-state index is 0.138. The van der Waals surface area contributed by atoms with Gasteiger partial charge in [0.2, 0.25) is 0 Å². The lowest BCUT2D eigenvalue weighted by molar-refractivity contribution is 0.113. The van der Waals surface area contributed by atoms with Crippen molar-refractivity contribution in [2.45, 2.75) is 52.6 Å². The number of likely N-dealkylation sites (tertiary alicyclic amines) is 1. The number of piperidine rings is 1. The number of rotatable bonds is 7. The Bertz CT molecular complexity index is 1430. The fourth-order valence-corrected chi connectivity index (χ4v) is 5.34. The Labute approximate surface area is 225 Å². The highest BCUT2D eigenvalue weighted by molar-refractivity contribution is 6.30. The van der Waals surface area contributed by atoms with Crippen LogP contribution < -0.4 is 5.32 Å². The van der Waals surface area contributed by atoms with E-state index in [9.17, 15) is 4.39 Å². The van der Waals surface area contributed by atoms with E-state index in [2.05, 4.69) is 37.3 Å². The van der Waals surface area contributed by atoms with E-state index in [4.69, 9.17) is 16.6 Å². The van der Waals surface area contributed by atoms with Gasteiger partial charge in [0.05, 0.1) is 16.3 Å². The van der Waals surface area contributed by atoms with Gasteiger partial charge in [-0.25, -0.2) is 23.7 Å². The van der Waals surface area contributed by atoms with Crippen LogP contribution in [0.1, 0.15) is 42.3 Å². The molecule has 1 aliphatic rings. The van der Waals surface area contributed by atoms with Crippen molar-refractivity contribution in [2.75, 3.05) is 11.9 Å². The third kappa shape index (κ3) is 5.54. The number of hydrogen-bond donors (Lipinski definition) is 2. The molecule has 0 radical (unpaired) electrons. The Morgan fingerprint density at radius 1 is 1.13 bits per heavy atom. The molecule has 1 saturated heterocycles. The molecule has 38 heavy (non-hydrogen) atoms. The maximum atomic E-state index is 16.0. The molecule has 4 aromatic rings. The van der Waals surface area contributed by atoms with Gasteiger partial charge in [-0.1, -0.05) is 23.7 Å². The standard InChI is InChI=1S/C28H30ClF2N7/c1-16-12-23(37-36-16)35-27-18(3)24(28-32-9-5-10-33-28)26(31)22(34-27)14-19-8-11-38(17(2)13-19)15-20-6-4-7-21(29)25(20)30/h4-7,9-10,12,17,19H,8,11,13-15H2,1-3H3,(H2,34,35,36,37)/t17-,19-/m1/s1. The number of nitrogens with one attached hydrogen (secondary N) is 2. The van der Waals surface area contributed by atoms with Crippen LogP contribution in [0.4, 0.5) is 20.4 Å². The van der Waals surface area contributed by atoms with Gasteiger partial charge < -0.3 is 5.32 Å². The maximum Gasteiger partial charge on any atom is 0.162 e. The van der Waals surface area contributed by atoms with Gasteiger partial charge in [-0.2, -0.15) is 5.10 Å². The van der Waals surface area contributed by atoms with Crippen molar-refractivity contribution in [2.24, 2.45) is 5.92 Å². The Morgan fingerprint density at radius 3 is 2.63 bits per heavy atom. The molecule has 198 valence electrons. The zero-order valence-electron chi connectivity index (χ0n) is 21.6. The second-order valence-electron chi connectivity index (χ2n) is 9.98. The summed E-state index contributed by atoms with van der Waals surface area (Å²) in [6.07, 6.45) is 5.37. The quantitative estimate of drug-likeness (QED) is 0.284. The first-order valence-electron chi connectivity index (χ1n) is 12.7. The van der Waals surface area contributed by atoms with Crippen molar-refractivity contribution in [3.05, 3.63) is 81.9 Å². The van der Waals surface area contributed by atoms with Gasteiger partial charge in [-0.05, 0) is 64.6 Å². The van der Waals surface area contributed by atoms with Crippen molar-refractivity contribution >= 4 is 23.2 Å². The normalized spacial score (nSPS) is 18.1. The van der Waals surface area contributed by atoms with Crippen molar-refractivity contribution in [1.29, 1.82) is 0 Å². The van der Waals surface area contributed by atoms with E-state index in [1.165, 1.54) is 0 Å². The molecular formula is C28H30ClF2N7. The second-order valence-corrected chi connectivity index (χ2v) is 10.4. The molecule has 0 aliphatic carbocycles. The van der Waals surface area contributed by atoms with E-state index in [1.54, 1.807) is 36.7 Å². The number of nitrogens with zero attached hydrogens (tertiary/aromatic N) is 5. The number of pyridine rings is 1. The molecule has 5 rings (SSSR count). The highest BCUT2D eigenvalue weighted by atomic mass is 35.5. The Morgan fingerprint density at radius 2 is 1.92 bits per heavy atom. The summed E-state index contributed by atoms with van der Waals surface area (Å²) in [5.74, 6) is 0.910. The number of aromatic amines is 1. The van der Waals surface area contributed by atoms with Crippen LogP contribution in [0.3, 0.4) is 0 Å². The number of halogens is 3. The molecule has 0 spiro atoms. The van der Waals surface area contributed by atoms with Crippen LogP contribution in [-0.4, -0.2) is 42.6 Å². The summed E-state index contributed by atoms with van der Waals surface area (Å²) in [6.45, 7) is 7.11. The number of hydrogen-bond acceptors (Lipinski definition) is 6. The Kier molecular flexibility index (Phi) is 7.67. The van der Waals surface area contributed by atoms with E-state index < -0.39 is 5.82 Å². The van der Waals surface area contributed by atoms with Gasteiger partial charge in [0.15, 0.2) is 17.5 Å². The summed E-state index contributed by atoms with van der Waals surface area (Å²) in [5.41, 5.74) is 2.82. The number of aryl methyl sites for hydroxylation is 1. The number of aromatic nitrogens is 5. The lowest BCUT2D eigenvalue weighted by Crippen LogP contribution is -2.41. The zero-order valence-corrected chi connectivity index (χ0v) is 22.4. The molecule has 3 aromatic heterocycles. The van der Waals surface area contributed by atoms with Gasteiger partial charge in [0.25, 0.3) is 0 Å². The highest BCUT2D eigenvalue weighted by Gasteiger charge is 2.29. The van der Waals surface area contributed by atoms with Crippen LogP contribution in [-0.2, 0) is 13.0 Å². The second kappa shape index (κ2) is 11.1. The summed E-state index contributed by atoms with van der Waals surface area (Å²) >= 11 is 5.97. The van der Waals surface area contributed by atoms with E-state index >= 15 is 4.39 Å². The minimum atomic E-state index is -0.395. The molecule has 0 bridgehead atoms. The monoisotopic (exact) mass is 537 g/mol. The highest BCUT2D eigenvalue weighted by Crippen LogP contribution is 2.34. The first-order valence-corrected chi connectivity index (χ1v) is 13.1. The van der Waals surface area contributed by atoms with Crippen molar-refractivity contribution < 1.29 is 8.78 Å². The fraction of sp³-hybridized carbons (Fsp3) is 0.357.